The second kappa shape index (κ2) is 5.00. The Morgan fingerprint density at radius 2 is 2.29 bits per heavy atom. The first-order valence-electron chi connectivity index (χ1n) is 4.46. The summed E-state index contributed by atoms with van der Waals surface area (Å²) in [5, 5.41) is 3.02. The van der Waals surface area contributed by atoms with Crippen LogP contribution in [0.5, 0.6) is 0 Å². The van der Waals surface area contributed by atoms with Gasteiger partial charge in [-0.3, -0.25) is 4.99 Å². The van der Waals surface area contributed by atoms with Crippen molar-refractivity contribution in [3.8, 4) is 0 Å². The number of hydrogen-bond donors (Lipinski definition) is 2. The van der Waals surface area contributed by atoms with Crippen molar-refractivity contribution >= 4 is 27.6 Å². The normalized spacial score (nSPS) is 11.5. The lowest BCUT2D eigenvalue weighted by atomic mass is 10.2. The first kappa shape index (κ1) is 11.0. The van der Waals surface area contributed by atoms with Gasteiger partial charge in [0.05, 0.1) is 5.69 Å². The summed E-state index contributed by atoms with van der Waals surface area (Å²) in [4.78, 5) is 4.05. The Labute approximate surface area is 92.5 Å². The molecule has 0 aromatic heterocycles. The summed E-state index contributed by atoms with van der Waals surface area (Å²) in [5.74, 6) is 0.442. The quantitative estimate of drug-likeness (QED) is 0.631. The van der Waals surface area contributed by atoms with Gasteiger partial charge >= 0.3 is 0 Å². The standard InChI is InChI=1S/C10H14BrN3/c1-3-13-10(12)14-9-5-4-7(2)6-8(9)11/h4-6H,3H2,1-2H3,(H3,12,13,14). The van der Waals surface area contributed by atoms with Crippen molar-refractivity contribution in [2.45, 2.75) is 13.8 Å². The van der Waals surface area contributed by atoms with Gasteiger partial charge in [0.2, 0.25) is 0 Å². The van der Waals surface area contributed by atoms with E-state index in [9.17, 15) is 0 Å². The van der Waals surface area contributed by atoms with Crippen molar-refractivity contribution in [2.24, 2.45) is 10.7 Å². The van der Waals surface area contributed by atoms with Crippen LogP contribution in [0, 0.1) is 6.92 Å². The number of anilines is 1. The topological polar surface area (TPSA) is 50.4 Å². The molecule has 0 aliphatic heterocycles. The molecule has 0 saturated heterocycles. The molecule has 0 unspecified atom stereocenters. The zero-order valence-corrected chi connectivity index (χ0v) is 9.93. The minimum atomic E-state index is 0.442. The van der Waals surface area contributed by atoms with Gasteiger partial charge in [0, 0.05) is 11.0 Å². The first-order valence-corrected chi connectivity index (χ1v) is 5.26. The van der Waals surface area contributed by atoms with E-state index in [1.165, 1.54) is 5.56 Å². The van der Waals surface area contributed by atoms with Crippen LogP contribution in [-0.2, 0) is 0 Å². The second-order valence-electron chi connectivity index (χ2n) is 2.97. The van der Waals surface area contributed by atoms with Crippen molar-refractivity contribution < 1.29 is 0 Å². The maximum atomic E-state index is 5.64. The molecule has 0 aliphatic carbocycles. The molecule has 0 amide bonds. The SMILES string of the molecule is CCN=C(N)Nc1ccc(C)cc1Br. The highest BCUT2D eigenvalue weighted by Gasteiger charge is 2.00. The summed E-state index contributed by atoms with van der Waals surface area (Å²) in [6.45, 7) is 4.67. The third-order valence-corrected chi connectivity index (χ3v) is 2.37. The maximum absolute atomic E-state index is 5.64. The monoisotopic (exact) mass is 255 g/mol. The van der Waals surface area contributed by atoms with Crippen molar-refractivity contribution in [1.82, 2.24) is 0 Å². The Morgan fingerprint density at radius 1 is 1.57 bits per heavy atom. The molecule has 0 aliphatic rings. The van der Waals surface area contributed by atoms with Crippen LogP contribution in [0.4, 0.5) is 5.69 Å². The highest BCUT2D eigenvalue weighted by molar-refractivity contribution is 9.10. The predicted molar refractivity (Wildman–Crippen MR) is 64.7 cm³/mol. The molecule has 4 heteroatoms. The van der Waals surface area contributed by atoms with Gasteiger partial charge in [0.15, 0.2) is 5.96 Å². The van der Waals surface area contributed by atoms with Gasteiger partial charge in [-0.05, 0) is 47.5 Å². The van der Waals surface area contributed by atoms with E-state index in [1.807, 2.05) is 32.0 Å². The van der Waals surface area contributed by atoms with E-state index in [4.69, 9.17) is 5.73 Å². The third-order valence-electron chi connectivity index (χ3n) is 1.72. The fraction of sp³-hybridized carbons (Fsp3) is 0.300. The van der Waals surface area contributed by atoms with E-state index >= 15 is 0 Å². The van der Waals surface area contributed by atoms with Crippen LogP contribution in [0.1, 0.15) is 12.5 Å². The van der Waals surface area contributed by atoms with E-state index in [0.717, 1.165) is 10.2 Å². The number of benzene rings is 1. The van der Waals surface area contributed by atoms with Crippen LogP contribution in [0.25, 0.3) is 0 Å². The minimum absolute atomic E-state index is 0.442. The summed E-state index contributed by atoms with van der Waals surface area (Å²) in [5.41, 5.74) is 7.78. The van der Waals surface area contributed by atoms with Crippen LogP contribution in [-0.4, -0.2) is 12.5 Å². The Kier molecular flexibility index (Phi) is 3.95. The van der Waals surface area contributed by atoms with Gasteiger partial charge < -0.3 is 11.1 Å². The van der Waals surface area contributed by atoms with E-state index in [0.29, 0.717) is 12.5 Å². The van der Waals surface area contributed by atoms with Crippen LogP contribution < -0.4 is 11.1 Å². The maximum Gasteiger partial charge on any atom is 0.193 e. The number of guanidine groups is 1. The second-order valence-corrected chi connectivity index (χ2v) is 3.82. The average Bonchev–Trinajstić information content (AvgIpc) is 2.10. The number of nitrogens with zero attached hydrogens (tertiary/aromatic N) is 1. The number of aliphatic imine (C=N–C) groups is 1. The zero-order chi connectivity index (χ0) is 10.6. The molecule has 0 atom stereocenters. The van der Waals surface area contributed by atoms with Crippen molar-refractivity contribution in [2.75, 3.05) is 11.9 Å². The zero-order valence-electron chi connectivity index (χ0n) is 8.34. The average molecular weight is 256 g/mol. The van der Waals surface area contributed by atoms with Crippen molar-refractivity contribution in [1.29, 1.82) is 0 Å². The van der Waals surface area contributed by atoms with Crippen LogP contribution >= 0.6 is 15.9 Å². The molecule has 0 radical (unpaired) electrons. The fourth-order valence-electron chi connectivity index (χ4n) is 1.07. The highest BCUT2D eigenvalue weighted by atomic mass is 79.9. The van der Waals surface area contributed by atoms with E-state index in [2.05, 4.69) is 26.2 Å². The first-order chi connectivity index (χ1) is 6.63. The molecule has 0 heterocycles. The molecule has 76 valence electrons. The number of nitrogens with two attached hydrogens (primary N) is 1. The van der Waals surface area contributed by atoms with Crippen molar-refractivity contribution in [3.63, 3.8) is 0 Å². The molecule has 3 nitrogen and oxygen atoms in total. The van der Waals surface area contributed by atoms with Crippen LogP contribution in [0.3, 0.4) is 0 Å². The number of hydrogen-bond acceptors (Lipinski definition) is 1. The Bertz CT molecular complexity index is 347. The summed E-state index contributed by atoms with van der Waals surface area (Å²) < 4.78 is 0.992. The molecule has 3 N–H and O–H groups in total. The molecular weight excluding hydrogens is 242 g/mol. The van der Waals surface area contributed by atoms with Gasteiger partial charge in [-0.1, -0.05) is 6.07 Å². The van der Waals surface area contributed by atoms with Gasteiger partial charge in [0.25, 0.3) is 0 Å². The summed E-state index contributed by atoms with van der Waals surface area (Å²) in [6, 6.07) is 6.02. The number of halogens is 1. The van der Waals surface area contributed by atoms with E-state index in [-0.39, 0.29) is 0 Å². The summed E-state index contributed by atoms with van der Waals surface area (Å²) in [6.07, 6.45) is 0. The molecule has 1 rings (SSSR count). The van der Waals surface area contributed by atoms with Crippen LogP contribution in [0.15, 0.2) is 27.7 Å². The van der Waals surface area contributed by atoms with Gasteiger partial charge in [-0.15, -0.1) is 0 Å². The van der Waals surface area contributed by atoms with Crippen LogP contribution in [0.2, 0.25) is 0 Å². The van der Waals surface area contributed by atoms with Gasteiger partial charge in [0.1, 0.15) is 0 Å². The predicted octanol–water partition coefficient (Wildman–Crippen LogP) is 2.50. The molecule has 0 saturated carbocycles. The van der Waals surface area contributed by atoms with Crippen molar-refractivity contribution in [3.05, 3.63) is 28.2 Å². The highest BCUT2D eigenvalue weighted by Crippen LogP contribution is 2.22. The fourth-order valence-corrected chi connectivity index (χ4v) is 1.66. The largest absolute Gasteiger partial charge is 0.370 e. The molecule has 0 spiro atoms. The molecule has 0 bridgehead atoms. The van der Waals surface area contributed by atoms with Gasteiger partial charge in [-0.2, -0.15) is 0 Å². The van der Waals surface area contributed by atoms with E-state index < -0.39 is 0 Å². The molecule has 0 fully saturated rings. The smallest absolute Gasteiger partial charge is 0.193 e. The summed E-state index contributed by atoms with van der Waals surface area (Å²) in [7, 11) is 0. The number of rotatable bonds is 2. The lowest BCUT2D eigenvalue weighted by Crippen LogP contribution is -2.22. The Balaban J connectivity index is 2.82. The lowest BCUT2D eigenvalue weighted by molar-refractivity contribution is 1.12. The molecular formula is C10H14BrN3. The number of nitrogens with one attached hydrogen (secondary N) is 1. The Morgan fingerprint density at radius 3 is 2.86 bits per heavy atom. The molecule has 1 aromatic carbocycles. The lowest BCUT2D eigenvalue weighted by Gasteiger charge is -2.07. The molecule has 14 heavy (non-hydrogen) atoms. The van der Waals surface area contributed by atoms with Gasteiger partial charge in [-0.25, -0.2) is 0 Å². The minimum Gasteiger partial charge on any atom is -0.370 e. The third kappa shape index (κ3) is 3.03. The molecule has 1 aromatic rings. The summed E-state index contributed by atoms with van der Waals surface area (Å²) >= 11 is 3.45. The number of aryl methyl sites for hydroxylation is 1. The van der Waals surface area contributed by atoms with E-state index in [1.54, 1.807) is 0 Å². The Hall–Kier alpha value is -1.03.